The van der Waals surface area contributed by atoms with Crippen molar-refractivity contribution in [1.29, 1.82) is 0 Å². The lowest BCUT2D eigenvalue weighted by Gasteiger charge is -2.26. The fourth-order valence-electron chi connectivity index (χ4n) is 3.18. The quantitative estimate of drug-likeness (QED) is 0.850. The zero-order chi connectivity index (χ0) is 18.0. The fraction of sp³-hybridized carbons (Fsp3) is 0.444. The highest BCUT2D eigenvalue weighted by Gasteiger charge is 2.25. The number of aliphatic hydroxyl groups excluding tert-OH is 1. The van der Waals surface area contributed by atoms with Crippen LogP contribution in [0.15, 0.2) is 24.3 Å². The van der Waals surface area contributed by atoms with Crippen LogP contribution >= 0.6 is 23.2 Å². The first-order chi connectivity index (χ1) is 12.0. The topological polar surface area (TPSA) is 67.2 Å². The van der Waals surface area contributed by atoms with Gasteiger partial charge in [-0.3, -0.25) is 4.79 Å². The van der Waals surface area contributed by atoms with Crippen molar-refractivity contribution in [2.75, 3.05) is 0 Å². The maximum atomic E-state index is 12.6. The van der Waals surface area contributed by atoms with E-state index in [1.165, 1.54) is 0 Å². The number of carbonyl (C=O) groups is 1. The molecule has 25 heavy (non-hydrogen) atoms. The lowest BCUT2D eigenvalue weighted by molar-refractivity contribution is 0.0867. The van der Waals surface area contributed by atoms with Crippen molar-refractivity contribution in [2.45, 2.75) is 51.3 Å². The second-order valence-corrected chi connectivity index (χ2v) is 7.24. The molecule has 0 aliphatic heterocycles. The minimum absolute atomic E-state index is 0.0679. The number of nitrogens with zero attached hydrogens (tertiary/aromatic N) is 2. The van der Waals surface area contributed by atoms with Crippen LogP contribution in [0.4, 0.5) is 0 Å². The highest BCUT2D eigenvalue weighted by atomic mass is 35.5. The van der Waals surface area contributed by atoms with Crippen molar-refractivity contribution in [2.24, 2.45) is 0 Å². The Labute approximate surface area is 156 Å². The number of hydrogen-bond acceptors (Lipinski definition) is 3. The van der Waals surface area contributed by atoms with Gasteiger partial charge in [-0.1, -0.05) is 41.4 Å². The van der Waals surface area contributed by atoms with Gasteiger partial charge in [-0.2, -0.15) is 5.10 Å². The number of benzene rings is 1. The number of aromatic nitrogens is 2. The SMILES string of the molecule is Cc1nn(Cc2ccccc2Cl)c(Cl)c1C(=O)NC1CCC(O)CC1. The third kappa shape index (κ3) is 4.17. The molecular formula is C18H21Cl2N3O2. The molecule has 1 heterocycles. The number of hydrogen-bond donors (Lipinski definition) is 2. The van der Waals surface area contributed by atoms with Gasteiger partial charge < -0.3 is 10.4 Å². The van der Waals surface area contributed by atoms with E-state index in [1.54, 1.807) is 11.6 Å². The van der Waals surface area contributed by atoms with Crippen LogP contribution < -0.4 is 5.32 Å². The standard InChI is InChI=1S/C18H21Cl2N3O2/c1-11-16(18(25)21-13-6-8-14(24)9-7-13)17(20)23(22-11)10-12-4-2-3-5-15(12)19/h2-5,13-14,24H,6-10H2,1H3,(H,21,25). The summed E-state index contributed by atoms with van der Waals surface area (Å²) in [6.07, 6.45) is 2.72. The zero-order valence-electron chi connectivity index (χ0n) is 14.0. The minimum Gasteiger partial charge on any atom is -0.393 e. The van der Waals surface area contributed by atoms with E-state index in [0.717, 1.165) is 18.4 Å². The van der Waals surface area contributed by atoms with E-state index in [-0.39, 0.29) is 18.1 Å². The highest BCUT2D eigenvalue weighted by Crippen LogP contribution is 2.24. The van der Waals surface area contributed by atoms with Crippen molar-refractivity contribution < 1.29 is 9.90 Å². The predicted octanol–water partition coefficient (Wildman–Crippen LogP) is 3.58. The van der Waals surface area contributed by atoms with Gasteiger partial charge in [-0.25, -0.2) is 4.68 Å². The number of rotatable bonds is 4. The average molecular weight is 382 g/mol. The summed E-state index contributed by atoms with van der Waals surface area (Å²) in [5.41, 5.74) is 1.88. The first-order valence-corrected chi connectivity index (χ1v) is 9.16. The molecular weight excluding hydrogens is 361 g/mol. The molecule has 0 radical (unpaired) electrons. The van der Waals surface area contributed by atoms with E-state index in [2.05, 4.69) is 10.4 Å². The third-order valence-electron chi connectivity index (χ3n) is 4.60. The Morgan fingerprint density at radius 2 is 1.96 bits per heavy atom. The molecule has 0 atom stereocenters. The first-order valence-electron chi connectivity index (χ1n) is 8.41. The van der Waals surface area contributed by atoms with E-state index in [9.17, 15) is 9.90 Å². The number of halogens is 2. The van der Waals surface area contributed by atoms with E-state index < -0.39 is 0 Å². The Morgan fingerprint density at radius 1 is 1.28 bits per heavy atom. The molecule has 2 aromatic rings. The maximum absolute atomic E-state index is 12.6. The fourth-order valence-corrected chi connectivity index (χ4v) is 3.70. The number of amides is 1. The van der Waals surface area contributed by atoms with E-state index in [1.807, 2.05) is 24.3 Å². The summed E-state index contributed by atoms with van der Waals surface area (Å²) in [6.45, 7) is 2.18. The number of nitrogens with one attached hydrogen (secondary N) is 1. The average Bonchev–Trinajstić information content (AvgIpc) is 2.86. The Kier molecular flexibility index (Phi) is 5.67. The summed E-state index contributed by atoms with van der Waals surface area (Å²) < 4.78 is 1.59. The molecule has 1 aromatic carbocycles. The molecule has 1 aliphatic carbocycles. The van der Waals surface area contributed by atoms with Crippen LogP contribution in [0, 0.1) is 6.92 Å². The Morgan fingerprint density at radius 3 is 2.64 bits per heavy atom. The summed E-state index contributed by atoms with van der Waals surface area (Å²) in [7, 11) is 0. The normalized spacial score (nSPS) is 20.5. The summed E-state index contributed by atoms with van der Waals surface area (Å²) in [5, 5.41) is 17.9. The molecule has 134 valence electrons. The minimum atomic E-state index is -0.253. The second-order valence-electron chi connectivity index (χ2n) is 6.48. The molecule has 3 rings (SSSR count). The van der Waals surface area contributed by atoms with Gasteiger partial charge in [0, 0.05) is 11.1 Å². The van der Waals surface area contributed by atoms with E-state index >= 15 is 0 Å². The summed E-state index contributed by atoms with van der Waals surface area (Å²) in [5.74, 6) is -0.214. The van der Waals surface area contributed by atoms with Crippen molar-refractivity contribution in [3.05, 3.63) is 51.3 Å². The van der Waals surface area contributed by atoms with Crippen LogP contribution in [-0.4, -0.2) is 32.9 Å². The van der Waals surface area contributed by atoms with Gasteiger partial charge >= 0.3 is 0 Å². The molecule has 0 unspecified atom stereocenters. The second kappa shape index (κ2) is 7.77. The molecule has 1 saturated carbocycles. The molecule has 5 nitrogen and oxygen atoms in total. The summed E-state index contributed by atoms with van der Waals surface area (Å²) in [6, 6.07) is 7.55. The molecule has 1 aromatic heterocycles. The Bertz CT molecular complexity index is 768. The smallest absolute Gasteiger partial charge is 0.256 e. The number of aliphatic hydroxyl groups is 1. The van der Waals surface area contributed by atoms with Gasteiger partial charge in [0.25, 0.3) is 5.91 Å². The van der Waals surface area contributed by atoms with E-state index in [0.29, 0.717) is 40.8 Å². The van der Waals surface area contributed by atoms with Crippen molar-refractivity contribution in [1.82, 2.24) is 15.1 Å². The number of aryl methyl sites for hydroxylation is 1. The first kappa shape index (κ1) is 18.2. The van der Waals surface area contributed by atoms with Gasteiger partial charge in [0.05, 0.1) is 23.9 Å². The third-order valence-corrected chi connectivity index (χ3v) is 5.36. The maximum Gasteiger partial charge on any atom is 0.256 e. The van der Waals surface area contributed by atoms with Crippen molar-refractivity contribution in [3.8, 4) is 0 Å². The molecule has 7 heteroatoms. The van der Waals surface area contributed by atoms with Gasteiger partial charge in [-0.15, -0.1) is 0 Å². The predicted molar refractivity (Wildman–Crippen MR) is 98.3 cm³/mol. The highest BCUT2D eigenvalue weighted by molar-refractivity contribution is 6.33. The number of carbonyl (C=O) groups excluding carboxylic acids is 1. The van der Waals surface area contributed by atoms with Crippen LogP contribution in [-0.2, 0) is 6.54 Å². The summed E-state index contributed by atoms with van der Waals surface area (Å²) >= 11 is 12.6. The molecule has 0 saturated heterocycles. The monoisotopic (exact) mass is 381 g/mol. The van der Waals surface area contributed by atoms with Gasteiger partial charge in [0.2, 0.25) is 0 Å². The van der Waals surface area contributed by atoms with Gasteiger partial charge in [0.15, 0.2) is 0 Å². The lowest BCUT2D eigenvalue weighted by Crippen LogP contribution is -2.38. The molecule has 2 N–H and O–H groups in total. The van der Waals surface area contributed by atoms with Crippen LogP contribution in [0.3, 0.4) is 0 Å². The molecule has 0 bridgehead atoms. The van der Waals surface area contributed by atoms with Crippen molar-refractivity contribution in [3.63, 3.8) is 0 Å². The summed E-state index contributed by atoms with van der Waals surface area (Å²) in [4.78, 5) is 12.6. The van der Waals surface area contributed by atoms with E-state index in [4.69, 9.17) is 23.2 Å². The molecule has 1 amide bonds. The van der Waals surface area contributed by atoms with Crippen LogP contribution in [0.5, 0.6) is 0 Å². The Hall–Kier alpha value is -1.56. The molecule has 1 fully saturated rings. The molecule has 1 aliphatic rings. The zero-order valence-corrected chi connectivity index (χ0v) is 15.5. The Balaban J connectivity index is 1.75. The lowest BCUT2D eigenvalue weighted by atomic mass is 9.93. The van der Waals surface area contributed by atoms with Crippen molar-refractivity contribution >= 4 is 29.1 Å². The molecule has 0 spiro atoms. The van der Waals surface area contributed by atoms with Crippen LogP contribution in [0.1, 0.15) is 47.3 Å². The van der Waals surface area contributed by atoms with Crippen LogP contribution in [0.25, 0.3) is 0 Å². The van der Waals surface area contributed by atoms with Crippen LogP contribution in [0.2, 0.25) is 10.2 Å². The largest absolute Gasteiger partial charge is 0.393 e. The van der Waals surface area contributed by atoms with Gasteiger partial charge in [0.1, 0.15) is 5.15 Å². The van der Waals surface area contributed by atoms with Gasteiger partial charge in [-0.05, 0) is 44.2 Å².